The first-order chi connectivity index (χ1) is 12.9. The van der Waals surface area contributed by atoms with Crippen molar-refractivity contribution in [3.05, 3.63) is 47.5 Å². The minimum Gasteiger partial charge on any atom is -0.508 e. The van der Waals surface area contributed by atoms with Gasteiger partial charge in [0.05, 0.1) is 0 Å². The predicted molar refractivity (Wildman–Crippen MR) is 109 cm³/mol. The zero-order valence-corrected chi connectivity index (χ0v) is 16.4. The van der Waals surface area contributed by atoms with Gasteiger partial charge in [0.15, 0.2) is 0 Å². The lowest BCUT2D eigenvalue weighted by atomic mass is 9.67. The van der Waals surface area contributed by atoms with E-state index in [1.807, 2.05) is 0 Å². The number of phenols is 4. The van der Waals surface area contributed by atoms with Gasteiger partial charge in [-0.05, 0) is 25.0 Å². The Morgan fingerprint density at radius 2 is 1.04 bits per heavy atom. The van der Waals surface area contributed by atoms with E-state index in [1.165, 1.54) is 12.1 Å². The monoisotopic (exact) mass is 372 g/mol. The van der Waals surface area contributed by atoms with E-state index in [1.54, 1.807) is 24.3 Å². The highest BCUT2D eigenvalue weighted by Crippen LogP contribution is 2.49. The molecule has 27 heavy (non-hydrogen) atoms. The molecule has 0 aliphatic rings. The van der Waals surface area contributed by atoms with Gasteiger partial charge in [0.2, 0.25) is 0 Å². The number of aromatic hydroxyl groups is 4. The van der Waals surface area contributed by atoms with Crippen LogP contribution in [0.4, 0.5) is 0 Å². The maximum absolute atomic E-state index is 10.7. The number of unbranched alkanes of at least 4 members (excludes halogenated alkanes) is 4. The van der Waals surface area contributed by atoms with E-state index in [2.05, 4.69) is 13.8 Å². The van der Waals surface area contributed by atoms with Crippen LogP contribution in [-0.4, -0.2) is 20.4 Å². The summed E-state index contributed by atoms with van der Waals surface area (Å²) in [5.74, 6) is 0.107. The molecule has 0 amide bonds. The van der Waals surface area contributed by atoms with Crippen molar-refractivity contribution in [2.24, 2.45) is 0 Å². The number of hydrogen-bond acceptors (Lipinski definition) is 4. The van der Waals surface area contributed by atoms with E-state index in [9.17, 15) is 20.4 Å². The quantitative estimate of drug-likeness (QED) is 0.388. The van der Waals surface area contributed by atoms with Crippen molar-refractivity contribution in [2.45, 2.75) is 70.6 Å². The molecule has 0 spiro atoms. The third-order valence-electron chi connectivity index (χ3n) is 5.41. The summed E-state index contributed by atoms with van der Waals surface area (Å²) >= 11 is 0. The Kier molecular flexibility index (Phi) is 7.40. The van der Waals surface area contributed by atoms with Crippen LogP contribution in [0.2, 0.25) is 0 Å². The van der Waals surface area contributed by atoms with Gasteiger partial charge in [-0.3, -0.25) is 0 Å². The Morgan fingerprint density at radius 1 is 0.630 bits per heavy atom. The number of phenolic OH excluding ortho intramolecular Hbond substituents is 4. The molecule has 2 aromatic carbocycles. The number of hydrogen-bond donors (Lipinski definition) is 4. The highest BCUT2D eigenvalue weighted by Gasteiger charge is 2.37. The third kappa shape index (κ3) is 4.88. The maximum atomic E-state index is 10.7. The molecule has 0 atom stereocenters. The molecule has 0 saturated carbocycles. The normalized spacial score (nSPS) is 11.6. The van der Waals surface area contributed by atoms with E-state index in [-0.39, 0.29) is 23.0 Å². The fourth-order valence-electron chi connectivity index (χ4n) is 4.01. The molecule has 0 radical (unpaired) electrons. The van der Waals surface area contributed by atoms with Crippen molar-refractivity contribution < 1.29 is 20.4 Å². The van der Waals surface area contributed by atoms with Gasteiger partial charge < -0.3 is 20.4 Å². The van der Waals surface area contributed by atoms with Gasteiger partial charge in [-0.25, -0.2) is 0 Å². The van der Waals surface area contributed by atoms with E-state index in [0.717, 1.165) is 51.4 Å². The highest BCUT2D eigenvalue weighted by atomic mass is 16.3. The SMILES string of the molecule is CCCCCC(CCCCC)(c1ccc(O)cc1O)c1ccc(O)cc1O. The zero-order valence-electron chi connectivity index (χ0n) is 16.4. The Bertz CT molecular complexity index is 676. The molecule has 2 aromatic rings. The van der Waals surface area contributed by atoms with Crippen LogP contribution in [0.25, 0.3) is 0 Å². The number of rotatable bonds is 10. The Labute approximate surface area is 162 Å². The fourth-order valence-corrected chi connectivity index (χ4v) is 4.01. The van der Waals surface area contributed by atoms with Crippen LogP contribution in [0.15, 0.2) is 36.4 Å². The van der Waals surface area contributed by atoms with Gasteiger partial charge in [0.1, 0.15) is 23.0 Å². The van der Waals surface area contributed by atoms with Crippen molar-refractivity contribution >= 4 is 0 Å². The van der Waals surface area contributed by atoms with Crippen molar-refractivity contribution in [3.63, 3.8) is 0 Å². The van der Waals surface area contributed by atoms with Crippen LogP contribution in [0.5, 0.6) is 23.0 Å². The second kappa shape index (κ2) is 9.54. The minimum absolute atomic E-state index is 0.0159. The highest BCUT2D eigenvalue weighted by molar-refractivity contribution is 5.54. The first-order valence-corrected chi connectivity index (χ1v) is 9.99. The van der Waals surface area contributed by atoms with Crippen LogP contribution in [0.1, 0.15) is 76.3 Å². The van der Waals surface area contributed by atoms with E-state index < -0.39 is 5.41 Å². The lowest BCUT2D eigenvalue weighted by molar-refractivity contribution is 0.355. The molecular formula is C23H32O4. The summed E-state index contributed by atoms with van der Waals surface area (Å²) in [5.41, 5.74) is 0.863. The van der Waals surface area contributed by atoms with Gasteiger partial charge in [0, 0.05) is 28.7 Å². The van der Waals surface area contributed by atoms with Gasteiger partial charge >= 0.3 is 0 Å². The average Bonchev–Trinajstić information content (AvgIpc) is 2.61. The van der Waals surface area contributed by atoms with Gasteiger partial charge in [0.25, 0.3) is 0 Å². The summed E-state index contributed by atoms with van der Waals surface area (Å²) in [4.78, 5) is 0. The molecule has 0 bridgehead atoms. The number of benzene rings is 2. The van der Waals surface area contributed by atoms with E-state index in [4.69, 9.17) is 0 Å². The first kappa shape index (κ1) is 20.9. The van der Waals surface area contributed by atoms with Gasteiger partial charge in [-0.1, -0.05) is 64.5 Å². The standard InChI is InChI=1S/C23H32O4/c1-3-5-7-13-23(14-8-6-4-2,19-11-9-17(24)15-21(19)26)20-12-10-18(25)16-22(20)27/h9-12,15-16,24-27H,3-8,13-14H2,1-2H3. The molecule has 0 heterocycles. The molecule has 0 aliphatic carbocycles. The van der Waals surface area contributed by atoms with E-state index >= 15 is 0 Å². The largest absolute Gasteiger partial charge is 0.508 e. The predicted octanol–water partition coefficient (Wildman–Crippen LogP) is 5.96. The van der Waals surface area contributed by atoms with Gasteiger partial charge in [-0.15, -0.1) is 0 Å². The average molecular weight is 373 g/mol. The summed E-state index contributed by atoms with van der Waals surface area (Å²) < 4.78 is 0. The molecule has 148 valence electrons. The summed E-state index contributed by atoms with van der Waals surface area (Å²) in [7, 11) is 0. The lowest BCUT2D eigenvalue weighted by Gasteiger charge is -2.36. The van der Waals surface area contributed by atoms with Crippen molar-refractivity contribution in [1.29, 1.82) is 0 Å². The molecule has 4 nitrogen and oxygen atoms in total. The van der Waals surface area contributed by atoms with Crippen molar-refractivity contribution in [2.75, 3.05) is 0 Å². The summed E-state index contributed by atoms with van der Waals surface area (Å²) in [6.07, 6.45) is 7.76. The third-order valence-corrected chi connectivity index (χ3v) is 5.41. The summed E-state index contributed by atoms with van der Waals surface area (Å²) in [6.45, 7) is 4.30. The molecule has 0 aliphatic heterocycles. The topological polar surface area (TPSA) is 80.9 Å². The lowest BCUT2D eigenvalue weighted by Crippen LogP contribution is -2.28. The maximum Gasteiger partial charge on any atom is 0.123 e. The fraction of sp³-hybridized carbons (Fsp3) is 0.478. The molecule has 0 fully saturated rings. The Morgan fingerprint density at radius 3 is 1.37 bits per heavy atom. The molecule has 4 N–H and O–H groups in total. The smallest absolute Gasteiger partial charge is 0.123 e. The van der Waals surface area contributed by atoms with Crippen LogP contribution >= 0.6 is 0 Å². The molecule has 4 heteroatoms. The van der Waals surface area contributed by atoms with Crippen LogP contribution in [0.3, 0.4) is 0 Å². The molecule has 0 unspecified atom stereocenters. The van der Waals surface area contributed by atoms with Crippen LogP contribution in [-0.2, 0) is 5.41 Å². The molecule has 0 aromatic heterocycles. The van der Waals surface area contributed by atoms with Crippen molar-refractivity contribution in [1.82, 2.24) is 0 Å². The second-order valence-electron chi connectivity index (χ2n) is 7.40. The summed E-state index contributed by atoms with van der Waals surface area (Å²) in [5, 5.41) is 40.8. The van der Waals surface area contributed by atoms with Crippen molar-refractivity contribution in [3.8, 4) is 23.0 Å². The second-order valence-corrected chi connectivity index (χ2v) is 7.40. The Balaban J connectivity index is 2.63. The van der Waals surface area contributed by atoms with Crippen LogP contribution in [0, 0.1) is 0 Å². The van der Waals surface area contributed by atoms with Gasteiger partial charge in [-0.2, -0.15) is 0 Å². The van der Waals surface area contributed by atoms with E-state index in [0.29, 0.717) is 11.1 Å². The summed E-state index contributed by atoms with van der Waals surface area (Å²) in [6, 6.07) is 9.41. The molecule has 2 rings (SSSR count). The molecule has 0 saturated heterocycles. The molecular weight excluding hydrogens is 340 g/mol. The van der Waals surface area contributed by atoms with Crippen LogP contribution < -0.4 is 0 Å². The zero-order chi connectivity index (χ0) is 19.9. The first-order valence-electron chi connectivity index (χ1n) is 9.99. The Hall–Kier alpha value is -2.36. The minimum atomic E-state index is -0.570.